The fourth-order valence-electron chi connectivity index (χ4n) is 2.10. The molecule has 2 rings (SSSR count). The number of nitrogen functional groups attached to an aromatic ring is 1. The van der Waals surface area contributed by atoms with Gasteiger partial charge in [0.25, 0.3) is 0 Å². The number of carbonyl (C=O) groups excluding carboxylic acids is 1. The predicted octanol–water partition coefficient (Wildman–Crippen LogP) is 3.35. The number of anilines is 2. The van der Waals surface area contributed by atoms with Crippen LogP contribution in [0.15, 0.2) is 42.5 Å². The van der Waals surface area contributed by atoms with Gasteiger partial charge >= 0.3 is 5.97 Å². The summed E-state index contributed by atoms with van der Waals surface area (Å²) in [6.07, 6.45) is 0. The van der Waals surface area contributed by atoms with Gasteiger partial charge in [0.15, 0.2) is 0 Å². The van der Waals surface area contributed by atoms with Crippen LogP contribution in [-0.2, 0) is 11.3 Å². The Kier molecular flexibility index (Phi) is 4.70. The van der Waals surface area contributed by atoms with E-state index < -0.39 is 5.97 Å². The molecule has 2 aromatic rings. The summed E-state index contributed by atoms with van der Waals surface area (Å²) in [6, 6.07) is 12.8. The van der Waals surface area contributed by atoms with Crippen molar-refractivity contribution >= 4 is 28.9 Å². The minimum atomic E-state index is -0.395. The first kappa shape index (κ1) is 15.2. The lowest BCUT2D eigenvalue weighted by Crippen LogP contribution is -2.18. The third-order valence-corrected chi connectivity index (χ3v) is 3.44. The van der Waals surface area contributed by atoms with Crippen LogP contribution in [0.2, 0.25) is 5.02 Å². The maximum atomic E-state index is 11.5. The van der Waals surface area contributed by atoms with Crippen molar-refractivity contribution in [2.75, 3.05) is 24.8 Å². The molecule has 0 atom stereocenters. The lowest BCUT2D eigenvalue weighted by atomic mass is 10.1. The highest BCUT2D eigenvalue weighted by Gasteiger charge is 2.11. The zero-order valence-electron chi connectivity index (χ0n) is 12.0. The van der Waals surface area contributed by atoms with E-state index in [1.165, 1.54) is 7.11 Å². The smallest absolute Gasteiger partial charge is 0.337 e. The van der Waals surface area contributed by atoms with E-state index >= 15 is 0 Å². The molecule has 0 saturated heterocycles. The van der Waals surface area contributed by atoms with Crippen LogP contribution < -0.4 is 10.6 Å². The average Bonchev–Trinajstić information content (AvgIpc) is 2.48. The number of nitrogens with zero attached hydrogens (tertiary/aromatic N) is 1. The predicted molar refractivity (Wildman–Crippen MR) is 85.8 cm³/mol. The van der Waals surface area contributed by atoms with Crippen molar-refractivity contribution in [1.29, 1.82) is 0 Å². The Morgan fingerprint density at radius 1 is 1.24 bits per heavy atom. The Bertz CT molecular complexity index is 641. The molecule has 0 fully saturated rings. The van der Waals surface area contributed by atoms with Gasteiger partial charge in [-0.05, 0) is 35.9 Å². The van der Waals surface area contributed by atoms with Crippen LogP contribution in [0.25, 0.3) is 0 Å². The number of nitrogens with two attached hydrogens (primary N) is 1. The van der Waals surface area contributed by atoms with Gasteiger partial charge in [0.2, 0.25) is 0 Å². The van der Waals surface area contributed by atoms with E-state index in [0.717, 1.165) is 11.3 Å². The van der Waals surface area contributed by atoms with E-state index in [1.54, 1.807) is 12.1 Å². The number of ether oxygens (including phenoxy) is 1. The van der Waals surface area contributed by atoms with Crippen molar-refractivity contribution in [3.05, 3.63) is 58.6 Å². The third-order valence-electron chi connectivity index (χ3n) is 3.19. The first-order valence-corrected chi connectivity index (χ1v) is 6.82. The Morgan fingerprint density at radius 3 is 2.48 bits per heavy atom. The van der Waals surface area contributed by atoms with Gasteiger partial charge in [-0.25, -0.2) is 4.79 Å². The Balaban J connectivity index is 2.17. The second-order valence-electron chi connectivity index (χ2n) is 4.75. The van der Waals surface area contributed by atoms with Crippen molar-refractivity contribution in [2.45, 2.75) is 6.54 Å². The SMILES string of the molecule is COC(=O)c1ccc(N(C)Cc2ccc(Cl)cc2)c(N)c1. The van der Waals surface area contributed by atoms with Gasteiger partial charge in [-0.1, -0.05) is 23.7 Å². The summed E-state index contributed by atoms with van der Waals surface area (Å²) < 4.78 is 4.68. The van der Waals surface area contributed by atoms with E-state index in [9.17, 15) is 4.79 Å². The zero-order valence-corrected chi connectivity index (χ0v) is 12.7. The Labute approximate surface area is 129 Å². The monoisotopic (exact) mass is 304 g/mol. The van der Waals surface area contributed by atoms with Crippen molar-refractivity contribution < 1.29 is 9.53 Å². The lowest BCUT2D eigenvalue weighted by Gasteiger charge is -2.21. The number of benzene rings is 2. The van der Waals surface area contributed by atoms with Crippen molar-refractivity contribution in [1.82, 2.24) is 0 Å². The third kappa shape index (κ3) is 3.67. The van der Waals surface area contributed by atoms with Crippen LogP contribution in [0.5, 0.6) is 0 Å². The summed E-state index contributed by atoms with van der Waals surface area (Å²) >= 11 is 5.87. The lowest BCUT2D eigenvalue weighted by molar-refractivity contribution is 0.0601. The zero-order chi connectivity index (χ0) is 15.4. The molecule has 0 spiro atoms. The summed E-state index contributed by atoms with van der Waals surface area (Å²) in [5, 5.41) is 0.711. The molecule has 2 N–H and O–H groups in total. The molecular formula is C16H17ClN2O2. The van der Waals surface area contributed by atoms with Gasteiger partial charge in [-0.2, -0.15) is 0 Å². The summed E-state index contributed by atoms with van der Waals surface area (Å²) in [4.78, 5) is 13.5. The maximum absolute atomic E-state index is 11.5. The van der Waals surface area contributed by atoms with Gasteiger partial charge in [-0.15, -0.1) is 0 Å². The highest BCUT2D eigenvalue weighted by Crippen LogP contribution is 2.25. The van der Waals surface area contributed by atoms with Crippen LogP contribution in [0, 0.1) is 0 Å². The van der Waals surface area contributed by atoms with Crippen LogP contribution in [0.4, 0.5) is 11.4 Å². The molecule has 21 heavy (non-hydrogen) atoms. The minimum absolute atomic E-state index is 0.395. The second-order valence-corrected chi connectivity index (χ2v) is 5.18. The Morgan fingerprint density at radius 2 is 1.90 bits per heavy atom. The van der Waals surface area contributed by atoms with E-state index in [1.807, 2.05) is 42.3 Å². The molecule has 0 amide bonds. The van der Waals surface area contributed by atoms with E-state index in [-0.39, 0.29) is 0 Å². The number of methoxy groups -OCH3 is 1. The van der Waals surface area contributed by atoms with Crippen LogP contribution >= 0.6 is 11.6 Å². The molecule has 2 aromatic carbocycles. The van der Waals surface area contributed by atoms with Gasteiger partial charge < -0.3 is 15.4 Å². The fraction of sp³-hybridized carbons (Fsp3) is 0.188. The number of rotatable bonds is 4. The van der Waals surface area contributed by atoms with E-state index in [0.29, 0.717) is 22.8 Å². The topological polar surface area (TPSA) is 55.6 Å². The van der Waals surface area contributed by atoms with E-state index in [2.05, 4.69) is 4.74 Å². The molecule has 0 aliphatic carbocycles. The second kappa shape index (κ2) is 6.50. The molecule has 0 unspecified atom stereocenters. The average molecular weight is 305 g/mol. The number of halogens is 1. The standard InChI is InChI=1S/C16H17ClN2O2/c1-19(10-11-3-6-13(17)7-4-11)15-8-5-12(9-14(15)18)16(20)21-2/h3-9H,10,18H2,1-2H3. The maximum Gasteiger partial charge on any atom is 0.337 e. The normalized spacial score (nSPS) is 10.2. The van der Waals surface area contributed by atoms with Gasteiger partial charge in [-0.3, -0.25) is 0 Å². The number of esters is 1. The quantitative estimate of drug-likeness (QED) is 0.695. The molecule has 110 valence electrons. The summed E-state index contributed by atoms with van der Waals surface area (Å²) in [6.45, 7) is 0.693. The van der Waals surface area contributed by atoms with Gasteiger partial charge in [0, 0.05) is 18.6 Å². The van der Waals surface area contributed by atoms with Crippen molar-refractivity contribution in [3.63, 3.8) is 0 Å². The first-order chi connectivity index (χ1) is 10.0. The molecule has 0 heterocycles. The molecule has 0 aliphatic rings. The summed E-state index contributed by atoms with van der Waals surface area (Å²) in [5.74, 6) is -0.395. The molecular weight excluding hydrogens is 288 g/mol. The van der Waals surface area contributed by atoms with Crippen molar-refractivity contribution in [3.8, 4) is 0 Å². The molecule has 0 aliphatic heterocycles. The van der Waals surface area contributed by atoms with Crippen LogP contribution in [0.3, 0.4) is 0 Å². The van der Waals surface area contributed by atoms with Crippen LogP contribution in [-0.4, -0.2) is 20.1 Å². The molecule has 0 aromatic heterocycles. The van der Waals surface area contributed by atoms with Crippen LogP contribution in [0.1, 0.15) is 15.9 Å². The highest BCUT2D eigenvalue weighted by atomic mass is 35.5. The molecule has 0 saturated carbocycles. The fourth-order valence-corrected chi connectivity index (χ4v) is 2.22. The summed E-state index contributed by atoms with van der Waals surface area (Å²) in [7, 11) is 3.29. The molecule has 0 bridgehead atoms. The summed E-state index contributed by atoms with van der Waals surface area (Å²) in [5.41, 5.74) is 8.98. The highest BCUT2D eigenvalue weighted by molar-refractivity contribution is 6.30. The van der Waals surface area contributed by atoms with Gasteiger partial charge in [0.05, 0.1) is 24.0 Å². The molecule has 0 radical (unpaired) electrons. The molecule has 5 heteroatoms. The largest absolute Gasteiger partial charge is 0.465 e. The Hall–Kier alpha value is -2.20. The van der Waals surface area contributed by atoms with Crippen molar-refractivity contribution in [2.24, 2.45) is 0 Å². The van der Waals surface area contributed by atoms with E-state index in [4.69, 9.17) is 17.3 Å². The van der Waals surface area contributed by atoms with Gasteiger partial charge in [0.1, 0.15) is 0 Å². The number of hydrogen-bond donors (Lipinski definition) is 1. The number of carbonyl (C=O) groups is 1. The molecule has 4 nitrogen and oxygen atoms in total. The first-order valence-electron chi connectivity index (χ1n) is 6.44. The minimum Gasteiger partial charge on any atom is -0.465 e. The number of hydrogen-bond acceptors (Lipinski definition) is 4.